The Kier molecular flexibility index (Phi) is 11.1. The van der Waals surface area contributed by atoms with Crippen LogP contribution in [0.5, 0.6) is 0 Å². The summed E-state index contributed by atoms with van der Waals surface area (Å²) in [6.45, 7) is 4.40. The molecule has 1 heterocycles. The van der Waals surface area contributed by atoms with Crippen molar-refractivity contribution >= 4 is 51.3 Å². The lowest BCUT2D eigenvalue weighted by Crippen LogP contribution is -2.39. The molecule has 2 aromatic rings. The molecular weight excluding hydrogens is 521 g/mol. The largest absolute Gasteiger partial charge is 0.356 e. The number of halogens is 1. The van der Waals surface area contributed by atoms with E-state index in [2.05, 4.69) is 58.8 Å². The van der Waals surface area contributed by atoms with Crippen molar-refractivity contribution in [1.29, 1.82) is 0 Å². The summed E-state index contributed by atoms with van der Waals surface area (Å²) in [6.07, 6.45) is 0.971. The lowest BCUT2D eigenvalue weighted by Gasteiger charge is -2.25. The van der Waals surface area contributed by atoms with Crippen molar-refractivity contribution in [2.45, 2.75) is 36.7 Å². The van der Waals surface area contributed by atoms with Crippen molar-refractivity contribution in [1.82, 2.24) is 15.5 Å². The van der Waals surface area contributed by atoms with Crippen LogP contribution in [0.4, 0.5) is 0 Å². The van der Waals surface area contributed by atoms with Crippen molar-refractivity contribution < 1.29 is 8.42 Å². The van der Waals surface area contributed by atoms with E-state index in [4.69, 9.17) is 5.14 Å². The molecular formula is C19H30IN5O2S2. The number of primary sulfonamides is 1. The molecule has 0 aliphatic carbocycles. The summed E-state index contributed by atoms with van der Waals surface area (Å²) >= 11 is 1.16. The third kappa shape index (κ3) is 8.99. The Balaban J connectivity index is 0.00000420. The smallest absolute Gasteiger partial charge is 0.247 e. The van der Waals surface area contributed by atoms with Gasteiger partial charge in [-0.2, -0.15) is 0 Å². The van der Waals surface area contributed by atoms with Gasteiger partial charge in [0.2, 0.25) is 10.0 Å². The standard InChI is InChI=1S/C19H29N5O2S2.HI/c1-15(24(3)14-16-7-5-4-6-8-16)11-12-22-19(21-2)23-13-17-9-10-18(27-17)28(20,25)26;/h4-10,15H,11-14H2,1-3H3,(H2,20,25,26)(H2,21,22,23);1H. The van der Waals surface area contributed by atoms with Gasteiger partial charge >= 0.3 is 0 Å². The fourth-order valence-electron chi connectivity index (χ4n) is 2.64. The Morgan fingerprint density at radius 1 is 1.21 bits per heavy atom. The van der Waals surface area contributed by atoms with E-state index in [1.54, 1.807) is 13.1 Å². The number of thiophene rings is 1. The fraction of sp³-hybridized carbons (Fsp3) is 0.421. The summed E-state index contributed by atoms with van der Waals surface area (Å²) in [6, 6.07) is 14.1. The molecule has 0 aliphatic rings. The summed E-state index contributed by atoms with van der Waals surface area (Å²) in [7, 11) is 0.202. The lowest BCUT2D eigenvalue weighted by atomic mass is 10.1. The lowest BCUT2D eigenvalue weighted by molar-refractivity contribution is 0.238. The average Bonchev–Trinajstić information content (AvgIpc) is 3.14. The van der Waals surface area contributed by atoms with Gasteiger partial charge < -0.3 is 10.6 Å². The minimum atomic E-state index is -3.64. The van der Waals surface area contributed by atoms with Gasteiger partial charge in [0.25, 0.3) is 0 Å². The molecule has 1 aromatic heterocycles. The third-order valence-corrected chi connectivity index (χ3v) is 6.98. The van der Waals surface area contributed by atoms with E-state index in [0.29, 0.717) is 18.5 Å². The number of aliphatic imine (C=N–C) groups is 1. The van der Waals surface area contributed by atoms with Crippen molar-refractivity contribution in [2.75, 3.05) is 20.6 Å². The van der Waals surface area contributed by atoms with Crippen LogP contribution in [0.15, 0.2) is 51.7 Å². The van der Waals surface area contributed by atoms with Gasteiger partial charge in [0.15, 0.2) is 5.96 Å². The van der Waals surface area contributed by atoms with E-state index >= 15 is 0 Å². The number of nitrogens with two attached hydrogens (primary N) is 1. The first-order valence-electron chi connectivity index (χ1n) is 9.10. The van der Waals surface area contributed by atoms with Crippen molar-refractivity contribution in [3.63, 3.8) is 0 Å². The second kappa shape index (κ2) is 12.5. The van der Waals surface area contributed by atoms with Gasteiger partial charge in [0.1, 0.15) is 4.21 Å². The monoisotopic (exact) mass is 551 g/mol. The van der Waals surface area contributed by atoms with Gasteiger partial charge in [0, 0.05) is 31.1 Å². The van der Waals surface area contributed by atoms with Gasteiger partial charge in [0.05, 0.1) is 6.54 Å². The maximum Gasteiger partial charge on any atom is 0.247 e. The maximum atomic E-state index is 11.3. The molecule has 1 unspecified atom stereocenters. The van der Waals surface area contributed by atoms with Crippen LogP contribution in [-0.4, -0.2) is 46.0 Å². The number of nitrogens with zero attached hydrogens (tertiary/aromatic N) is 2. The Labute approximate surface area is 194 Å². The number of hydrogen-bond donors (Lipinski definition) is 3. The number of rotatable bonds is 9. The highest BCUT2D eigenvalue weighted by molar-refractivity contribution is 14.0. The number of guanidine groups is 1. The Hall–Kier alpha value is -1.21. The molecule has 0 saturated heterocycles. The summed E-state index contributed by atoms with van der Waals surface area (Å²) in [5, 5.41) is 11.6. The van der Waals surface area contributed by atoms with Crippen LogP contribution < -0.4 is 15.8 Å². The van der Waals surface area contributed by atoms with Crippen LogP contribution in [0.2, 0.25) is 0 Å². The molecule has 0 amide bonds. The zero-order valence-electron chi connectivity index (χ0n) is 17.0. The van der Waals surface area contributed by atoms with Crippen LogP contribution in [0.25, 0.3) is 0 Å². The highest BCUT2D eigenvalue weighted by atomic mass is 127. The molecule has 162 valence electrons. The van der Waals surface area contributed by atoms with Crippen LogP contribution in [0.1, 0.15) is 23.8 Å². The maximum absolute atomic E-state index is 11.3. The van der Waals surface area contributed by atoms with Crippen molar-refractivity contribution in [3.05, 3.63) is 52.9 Å². The quantitative estimate of drug-likeness (QED) is 0.253. The second-order valence-corrected chi connectivity index (χ2v) is 9.61. The Morgan fingerprint density at radius 2 is 1.90 bits per heavy atom. The minimum Gasteiger partial charge on any atom is -0.356 e. The number of nitrogens with one attached hydrogen (secondary N) is 2. The predicted octanol–water partition coefficient (Wildman–Crippen LogP) is 2.59. The molecule has 7 nitrogen and oxygen atoms in total. The highest BCUT2D eigenvalue weighted by Gasteiger charge is 2.12. The Bertz CT molecular complexity index is 872. The normalized spacial score (nSPS) is 13.1. The van der Waals surface area contributed by atoms with Gasteiger partial charge in [-0.3, -0.25) is 9.89 Å². The van der Waals surface area contributed by atoms with E-state index in [9.17, 15) is 8.42 Å². The van der Waals surface area contributed by atoms with Crippen molar-refractivity contribution in [3.8, 4) is 0 Å². The number of hydrogen-bond acceptors (Lipinski definition) is 5. The zero-order valence-corrected chi connectivity index (χ0v) is 20.9. The topological polar surface area (TPSA) is 99.8 Å². The molecule has 0 fully saturated rings. The molecule has 10 heteroatoms. The van der Waals surface area contributed by atoms with Crippen LogP contribution in [0.3, 0.4) is 0 Å². The molecule has 0 aliphatic heterocycles. The summed E-state index contributed by atoms with van der Waals surface area (Å²) in [4.78, 5) is 7.42. The molecule has 0 spiro atoms. The number of benzene rings is 1. The van der Waals surface area contributed by atoms with Gasteiger partial charge in [-0.1, -0.05) is 30.3 Å². The molecule has 0 bridgehead atoms. The molecule has 4 N–H and O–H groups in total. The second-order valence-electron chi connectivity index (χ2n) is 6.66. The average molecular weight is 552 g/mol. The van der Waals surface area contributed by atoms with E-state index in [0.717, 1.165) is 35.7 Å². The summed E-state index contributed by atoms with van der Waals surface area (Å²) in [5.74, 6) is 0.684. The van der Waals surface area contributed by atoms with Gasteiger partial charge in [-0.15, -0.1) is 35.3 Å². The molecule has 1 aromatic carbocycles. The predicted molar refractivity (Wildman–Crippen MR) is 131 cm³/mol. The van der Waals surface area contributed by atoms with E-state index < -0.39 is 10.0 Å². The first kappa shape index (κ1) is 25.8. The highest BCUT2D eigenvalue weighted by Crippen LogP contribution is 2.19. The van der Waals surface area contributed by atoms with Crippen molar-refractivity contribution in [2.24, 2.45) is 10.1 Å². The van der Waals surface area contributed by atoms with E-state index in [1.165, 1.54) is 11.6 Å². The minimum absolute atomic E-state index is 0. The first-order valence-corrected chi connectivity index (χ1v) is 11.5. The van der Waals surface area contributed by atoms with Gasteiger partial charge in [-0.05, 0) is 38.1 Å². The first-order chi connectivity index (χ1) is 13.3. The zero-order chi connectivity index (χ0) is 20.6. The summed E-state index contributed by atoms with van der Waals surface area (Å²) < 4.78 is 22.9. The molecule has 1 atom stereocenters. The Morgan fingerprint density at radius 3 is 2.48 bits per heavy atom. The number of sulfonamides is 1. The fourth-order valence-corrected chi connectivity index (χ4v) is 4.36. The van der Waals surface area contributed by atoms with Crippen LogP contribution in [-0.2, 0) is 23.1 Å². The molecule has 29 heavy (non-hydrogen) atoms. The third-order valence-electron chi connectivity index (χ3n) is 4.45. The molecule has 2 rings (SSSR count). The van der Waals surface area contributed by atoms with E-state index in [-0.39, 0.29) is 28.2 Å². The van der Waals surface area contributed by atoms with Crippen LogP contribution in [0, 0.1) is 0 Å². The van der Waals surface area contributed by atoms with E-state index in [1.807, 2.05) is 6.07 Å². The van der Waals surface area contributed by atoms with Gasteiger partial charge in [-0.25, -0.2) is 13.6 Å². The SMILES string of the molecule is CN=C(NCCC(C)N(C)Cc1ccccc1)NCc1ccc(S(N)(=O)=O)s1.I. The molecule has 0 radical (unpaired) electrons. The summed E-state index contributed by atoms with van der Waals surface area (Å²) in [5.41, 5.74) is 1.30. The molecule has 0 saturated carbocycles. The van der Waals surface area contributed by atoms with Crippen LogP contribution >= 0.6 is 35.3 Å².